The number of hydrogen-bond donors (Lipinski definition) is 0. The third-order valence-corrected chi connectivity index (χ3v) is 10.3. The van der Waals surface area contributed by atoms with Crippen molar-refractivity contribution < 1.29 is 0 Å². The molecule has 8 aromatic rings. The summed E-state index contributed by atoms with van der Waals surface area (Å²) in [6, 6.07) is 65.1. The van der Waals surface area contributed by atoms with Gasteiger partial charge in [0, 0.05) is 0 Å². The molecule has 228 valence electrons. The summed E-state index contributed by atoms with van der Waals surface area (Å²) in [5.41, 5.74) is 8.98. The van der Waals surface area contributed by atoms with Gasteiger partial charge in [0.05, 0.1) is 0 Å². The first-order valence-electron chi connectivity index (χ1n) is 17.2. The van der Waals surface area contributed by atoms with Crippen molar-refractivity contribution in [1.29, 1.82) is 0 Å². The lowest BCUT2D eigenvalue weighted by Gasteiger charge is -2.26. The Labute approximate surface area is 282 Å². The maximum atomic E-state index is 2.48. The van der Waals surface area contributed by atoms with Crippen LogP contribution >= 0.6 is 0 Å². The fourth-order valence-electron chi connectivity index (χ4n) is 7.82. The largest absolute Gasteiger partial charge is 0.0622 e. The molecular formula is C48H36. The summed E-state index contributed by atoms with van der Waals surface area (Å²) in [7, 11) is 0. The summed E-state index contributed by atoms with van der Waals surface area (Å²) in [5.74, 6) is 0.663. The Morgan fingerprint density at radius 2 is 0.771 bits per heavy atom. The van der Waals surface area contributed by atoms with Gasteiger partial charge in [-0.2, -0.15) is 0 Å². The van der Waals surface area contributed by atoms with Crippen LogP contribution < -0.4 is 10.4 Å². The standard InChI is InChI=1S/C48H36/c1-4-16-34(17-5-1)45(35-18-6-2-7-19-35)47-41-28-12-13-29-42(41)48(44-32-39-23-11-10-22-38(39)31-43(44)47)46(36-20-8-3-9-21-36)40-27-15-26-37(30-40)33-24-14-25-33/h1-13,15-23,26-33H,14,24-25H2/b48-46+. The summed E-state index contributed by atoms with van der Waals surface area (Å²) in [5, 5.41) is 10.2. The van der Waals surface area contributed by atoms with E-state index in [2.05, 4.69) is 176 Å². The molecule has 48 heavy (non-hydrogen) atoms. The van der Waals surface area contributed by atoms with E-state index in [0.29, 0.717) is 5.92 Å². The molecule has 0 bridgehead atoms. The molecule has 9 rings (SSSR count). The Hall–Kier alpha value is -5.72. The highest BCUT2D eigenvalue weighted by Gasteiger charge is 2.21. The molecule has 1 saturated carbocycles. The van der Waals surface area contributed by atoms with Crippen LogP contribution in [0.3, 0.4) is 0 Å². The van der Waals surface area contributed by atoms with Gasteiger partial charge >= 0.3 is 0 Å². The second-order valence-corrected chi connectivity index (χ2v) is 13.1. The smallest absolute Gasteiger partial charge is 0.00141 e. The molecule has 0 spiro atoms. The second kappa shape index (κ2) is 12.1. The minimum atomic E-state index is 0.663. The number of benzene rings is 8. The third-order valence-electron chi connectivity index (χ3n) is 10.3. The van der Waals surface area contributed by atoms with E-state index in [0.717, 1.165) is 0 Å². The minimum Gasteiger partial charge on any atom is -0.0622 e. The lowest BCUT2D eigenvalue weighted by molar-refractivity contribution is 0.420. The molecule has 0 aliphatic heterocycles. The molecule has 0 unspecified atom stereocenters. The summed E-state index contributed by atoms with van der Waals surface area (Å²) >= 11 is 0. The van der Waals surface area contributed by atoms with Gasteiger partial charge in [0.1, 0.15) is 0 Å². The molecule has 0 heteroatoms. The molecule has 8 aromatic carbocycles. The van der Waals surface area contributed by atoms with E-state index in [1.54, 1.807) is 0 Å². The Morgan fingerprint density at radius 3 is 1.23 bits per heavy atom. The highest BCUT2D eigenvalue weighted by Crippen LogP contribution is 2.38. The first kappa shape index (κ1) is 28.5. The van der Waals surface area contributed by atoms with Gasteiger partial charge in [-0.05, 0) is 113 Å². The molecule has 1 aliphatic carbocycles. The van der Waals surface area contributed by atoms with Gasteiger partial charge < -0.3 is 0 Å². The molecule has 0 heterocycles. The zero-order chi connectivity index (χ0) is 31.9. The molecule has 0 radical (unpaired) electrons. The van der Waals surface area contributed by atoms with Crippen molar-refractivity contribution in [3.8, 4) is 0 Å². The predicted molar refractivity (Wildman–Crippen MR) is 204 cm³/mol. The van der Waals surface area contributed by atoms with Gasteiger partial charge in [0.25, 0.3) is 0 Å². The van der Waals surface area contributed by atoms with Crippen molar-refractivity contribution in [3.05, 3.63) is 214 Å². The van der Waals surface area contributed by atoms with Gasteiger partial charge in [-0.15, -0.1) is 0 Å². The average molecular weight is 613 g/mol. The topological polar surface area (TPSA) is 0 Å². The fourth-order valence-corrected chi connectivity index (χ4v) is 7.82. The average Bonchev–Trinajstić information content (AvgIpc) is 3.13. The summed E-state index contributed by atoms with van der Waals surface area (Å²) in [6.07, 6.45) is 3.90. The van der Waals surface area contributed by atoms with Gasteiger partial charge in [-0.1, -0.05) is 170 Å². The Bertz CT molecular complexity index is 2520. The molecule has 0 saturated heterocycles. The maximum absolute atomic E-state index is 2.48. The van der Waals surface area contributed by atoms with E-state index in [-0.39, 0.29) is 0 Å². The van der Waals surface area contributed by atoms with Crippen molar-refractivity contribution in [2.75, 3.05) is 0 Å². The minimum absolute atomic E-state index is 0.663. The highest BCUT2D eigenvalue weighted by atomic mass is 14.3. The van der Waals surface area contributed by atoms with Crippen molar-refractivity contribution >= 4 is 43.5 Å². The van der Waals surface area contributed by atoms with Crippen molar-refractivity contribution in [1.82, 2.24) is 0 Å². The van der Waals surface area contributed by atoms with Crippen LogP contribution in [0.2, 0.25) is 0 Å². The van der Waals surface area contributed by atoms with Crippen LogP contribution in [0.5, 0.6) is 0 Å². The zero-order valence-corrected chi connectivity index (χ0v) is 26.9. The molecular weight excluding hydrogens is 577 g/mol. The Morgan fingerprint density at radius 1 is 0.354 bits per heavy atom. The van der Waals surface area contributed by atoms with E-state index in [1.165, 1.54) is 101 Å². The third kappa shape index (κ3) is 4.93. The van der Waals surface area contributed by atoms with Gasteiger partial charge in [0.2, 0.25) is 0 Å². The molecule has 1 aliphatic rings. The second-order valence-electron chi connectivity index (χ2n) is 13.1. The first-order valence-corrected chi connectivity index (χ1v) is 17.2. The first-order chi connectivity index (χ1) is 23.8. The van der Waals surface area contributed by atoms with Crippen LogP contribution in [0.1, 0.15) is 53.0 Å². The SMILES string of the molecule is c1ccc(C(c2ccccc2)=c2c3ccccc3/c(=C(/c3ccccc3)c3cccc(C4CCC4)c3)c3cc4ccccc4cc23)cc1. The molecule has 0 amide bonds. The van der Waals surface area contributed by atoms with Crippen LogP contribution in [0.25, 0.3) is 43.5 Å². The lowest BCUT2D eigenvalue weighted by Crippen LogP contribution is -2.21. The van der Waals surface area contributed by atoms with E-state index >= 15 is 0 Å². The summed E-state index contributed by atoms with van der Waals surface area (Å²) in [6.45, 7) is 0. The van der Waals surface area contributed by atoms with Gasteiger partial charge in [0.15, 0.2) is 0 Å². The number of rotatable bonds is 5. The van der Waals surface area contributed by atoms with Gasteiger partial charge in [-0.25, -0.2) is 0 Å². The molecule has 1 fully saturated rings. The van der Waals surface area contributed by atoms with Crippen molar-refractivity contribution in [2.24, 2.45) is 0 Å². The normalized spacial score (nSPS) is 13.8. The molecule has 0 N–H and O–H groups in total. The zero-order valence-electron chi connectivity index (χ0n) is 26.9. The lowest BCUT2D eigenvalue weighted by atomic mass is 9.79. The van der Waals surface area contributed by atoms with Crippen molar-refractivity contribution in [2.45, 2.75) is 25.2 Å². The van der Waals surface area contributed by atoms with Gasteiger partial charge in [-0.3, -0.25) is 0 Å². The summed E-state index contributed by atoms with van der Waals surface area (Å²) in [4.78, 5) is 0. The molecule has 0 aromatic heterocycles. The van der Waals surface area contributed by atoms with E-state index < -0.39 is 0 Å². The summed E-state index contributed by atoms with van der Waals surface area (Å²) < 4.78 is 0. The van der Waals surface area contributed by atoms with E-state index in [1.807, 2.05) is 0 Å². The van der Waals surface area contributed by atoms with Crippen LogP contribution in [0.4, 0.5) is 0 Å². The molecule has 0 atom stereocenters. The highest BCUT2D eigenvalue weighted by molar-refractivity contribution is 6.10. The quantitative estimate of drug-likeness (QED) is 0.170. The van der Waals surface area contributed by atoms with Crippen LogP contribution in [0.15, 0.2) is 176 Å². The Kier molecular flexibility index (Phi) is 7.21. The monoisotopic (exact) mass is 612 g/mol. The van der Waals surface area contributed by atoms with Crippen molar-refractivity contribution in [3.63, 3.8) is 0 Å². The number of fused-ring (bicyclic) bond motifs is 3. The maximum Gasteiger partial charge on any atom is -0.00141 e. The fraction of sp³-hybridized carbons (Fsp3) is 0.0833. The van der Waals surface area contributed by atoms with E-state index in [4.69, 9.17) is 0 Å². The Balaban J connectivity index is 1.58. The predicted octanol–water partition coefficient (Wildman–Crippen LogP) is 10.9. The van der Waals surface area contributed by atoms with Crippen LogP contribution in [-0.2, 0) is 0 Å². The van der Waals surface area contributed by atoms with Crippen LogP contribution in [0, 0.1) is 0 Å². The number of hydrogen-bond acceptors (Lipinski definition) is 0. The van der Waals surface area contributed by atoms with E-state index in [9.17, 15) is 0 Å². The molecule has 0 nitrogen and oxygen atoms in total. The van der Waals surface area contributed by atoms with Crippen LogP contribution in [-0.4, -0.2) is 0 Å².